The number of alkyl halides is 1. The van der Waals surface area contributed by atoms with Crippen molar-refractivity contribution in [1.82, 2.24) is 4.90 Å². The van der Waals surface area contributed by atoms with Crippen LogP contribution in [0.15, 0.2) is 0 Å². The molecule has 0 bridgehead atoms. The highest BCUT2D eigenvalue weighted by Gasteiger charge is 2.21. The Labute approximate surface area is 104 Å². The molecule has 1 saturated heterocycles. The first-order valence-corrected chi connectivity index (χ1v) is 7.15. The highest BCUT2D eigenvalue weighted by Crippen LogP contribution is 2.19. The van der Waals surface area contributed by atoms with Crippen molar-refractivity contribution in [3.8, 4) is 0 Å². The quantitative estimate of drug-likeness (QED) is 0.519. The molecule has 0 aromatic carbocycles. The number of hydrogen-bond donors (Lipinski definition) is 0. The van der Waals surface area contributed by atoms with Crippen LogP contribution in [-0.2, 0) is 4.79 Å². The highest BCUT2D eigenvalue weighted by molar-refractivity contribution is 6.18. The lowest BCUT2D eigenvalue weighted by molar-refractivity contribution is -0.132. The molecular weight excluding hydrogens is 222 g/mol. The number of likely N-dealkylation sites (tertiary alicyclic amines) is 1. The molecule has 1 rings (SSSR count). The topological polar surface area (TPSA) is 20.3 Å². The molecule has 16 heavy (non-hydrogen) atoms. The van der Waals surface area contributed by atoms with Gasteiger partial charge in [0.1, 0.15) is 0 Å². The molecule has 1 amide bonds. The SMILES string of the molecule is CCCCCCC(=O)N1CCC(CCl)CC1. The minimum Gasteiger partial charge on any atom is -0.343 e. The minimum absolute atomic E-state index is 0.351. The molecule has 0 unspecified atom stereocenters. The Morgan fingerprint density at radius 2 is 1.94 bits per heavy atom. The van der Waals surface area contributed by atoms with E-state index in [-0.39, 0.29) is 0 Å². The Hall–Kier alpha value is -0.240. The summed E-state index contributed by atoms with van der Waals surface area (Å²) in [4.78, 5) is 13.9. The van der Waals surface area contributed by atoms with Gasteiger partial charge in [-0.2, -0.15) is 0 Å². The first-order chi connectivity index (χ1) is 7.77. The summed E-state index contributed by atoms with van der Waals surface area (Å²) in [6, 6.07) is 0. The molecule has 1 heterocycles. The molecule has 0 saturated carbocycles. The van der Waals surface area contributed by atoms with Gasteiger partial charge in [-0.1, -0.05) is 26.2 Å². The number of hydrogen-bond acceptors (Lipinski definition) is 1. The van der Waals surface area contributed by atoms with Crippen LogP contribution in [0.3, 0.4) is 0 Å². The summed E-state index contributed by atoms with van der Waals surface area (Å²) in [5.41, 5.74) is 0. The van der Waals surface area contributed by atoms with E-state index < -0.39 is 0 Å². The standard InChI is InChI=1S/C13H24ClNO/c1-2-3-4-5-6-13(16)15-9-7-12(11-14)8-10-15/h12H,2-11H2,1H3. The van der Waals surface area contributed by atoms with Crippen LogP contribution in [0.1, 0.15) is 51.9 Å². The Kier molecular flexibility index (Phi) is 6.86. The van der Waals surface area contributed by atoms with Crippen molar-refractivity contribution in [3.63, 3.8) is 0 Å². The number of rotatable bonds is 6. The van der Waals surface area contributed by atoms with E-state index in [2.05, 4.69) is 6.92 Å². The highest BCUT2D eigenvalue weighted by atomic mass is 35.5. The predicted molar refractivity (Wildman–Crippen MR) is 68.8 cm³/mol. The second-order valence-corrected chi connectivity index (χ2v) is 5.10. The van der Waals surface area contributed by atoms with Crippen LogP contribution in [0.4, 0.5) is 0 Å². The van der Waals surface area contributed by atoms with Gasteiger partial charge in [-0.3, -0.25) is 4.79 Å². The molecule has 0 spiro atoms. The molecule has 0 aromatic heterocycles. The number of unbranched alkanes of at least 4 members (excludes halogenated alkanes) is 3. The molecule has 0 radical (unpaired) electrons. The van der Waals surface area contributed by atoms with Gasteiger partial charge in [0, 0.05) is 25.4 Å². The number of carbonyl (C=O) groups excluding carboxylic acids is 1. The lowest BCUT2D eigenvalue weighted by atomic mass is 9.98. The van der Waals surface area contributed by atoms with Crippen LogP contribution in [0, 0.1) is 5.92 Å². The summed E-state index contributed by atoms with van der Waals surface area (Å²) >= 11 is 5.82. The zero-order chi connectivity index (χ0) is 11.8. The van der Waals surface area contributed by atoms with E-state index in [9.17, 15) is 4.79 Å². The summed E-state index contributed by atoms with van der Waals surface area (Å²) in [7, 11) is 0. The third kappa shape index (κ3) is 4.73. The fourth-order valence-corrected chi connectivity index (χ4v) is 2.51. The average molecular weight is 246 g/mol. The van der Waals surface area contributed by atoms with Crippen molar-refractivity contribution in [2.24, 2.45) is 5.92 Å². The predicted octanol–water partition coefficient (Wildman–Crippen LogP) is 3.43. The Morgan fingerprint density at radius 1 is 1.25 bits per heavy atom. The van der Waals surface area contributed by atoms with Crippen molar-refractivity contribution in [2.75, 3.05) is 19.0 Å². The lowest BCUT2D eigenvalue weighted by Gasteiger charge is -2.31. The zero-order valence-electron chi connectivity index (χ0n) is 10.4. The molecular formula is C13H24ClNO. The molecule has 94 valence electrons. The van der Waals surface area contributed by atoms with E-state index >= 15 is 0 Å². The summed E-state index contributed by atoms with van der Waals surface area (Å²) in [6.45, 7) is 4.03. The number of halogens is 1. The number of nitrogens with zero attached hydrogens (tertiary/aromatic N) is 1. The van der Waals surface area contributed by atoms with E-state index in [0.29, 0.717) is 11.8 Å². The van der Waals surface area contributed by atoms with E-state index in [1.807, 2.05) is 4.90 Å². The summed E-state index contributed by atoms with van der Waals surface area (Å²) in [6.07, 6.45) is 7.65. The minimum atomic E-state index is 0.351. The smallest absolute Gasteiger partial charge is 0.222 e. The molecule has 1 aliphatic rings. The first kappa shape index (κ1) is 13.8. The maximum Gasteiger partial charge on any atom is 0.222 e. The summed E-state index contributed by atoms with van der Waals surface area (Å²) < 4.78 is 0. The van der Waals surface area contributed by atoms with Crippen LogP contribution >= 0.6 is 11.6 Å². The van der Waals surface area contributed by atoms with Gasteiger partial charge < -0.3 is 4.90 Å². The van der Waals surface area contributed by atoms with Crippen LogP contribution in [0.2, 0.25) is 0 Å². The van der Waals surface area contributed by atoms with Gasteiger partial charge in [-0.15, -0.1) is 11.6 Å². The molecule has 1 aliphatic heterocycles. The maximum atomic E-state index is 11.8. The monoisotopic (exact) mass is 245 g/mol. The van der Waals surface area contributed by atoms with Crippen molar-refractivity contribution in [1.29, 1.82) is 0 Å². The van der Waals surface area contributed by atoms with Gasteiger partial charge in [-0.05, 0) is 25.2 Å². The molecule has 0 aromatic rings. The second-order valence-electron chi connectivity index (χ2n) is 4.79. The van der Waals surface area contributed by atoms with E-state index in [4.69, 9.17) is 11.6 Å². The van der Waals surface area contributed by atoms with Gasteiger partial charge in [-0.25, -0.2) is 0 Å². The largest absolute Gasteiger partial charge is 0.343 e. The first-order valence-electron chi connectivity index (χ1n) is 6.61. The van der Waals surface area contributed by atoms with Crippen molar-refractivity contribution < 1.29 is 4.79 Å². The van der Waals surface area contributed by atoms with Crippen molar-refractivity contribution in [2.45, 2.75) is 51.9 Å². The number of amides is 1. The number of piperidine rings is 1. The second kappa shape index (κ2) is 7.94. The lowest BCUT2D eigenvalue weighted by Crippen LogP contribution is -2.38. The van der Waals surface area contributed by atoms with Crippen LogP contribution in [0.5, 0.6) is 0 Å². The normalized spacial score (nSPS) is 17.8. The van der Waals surface area contributed by atoms with Gasteiger partial charge in [0.2, 0.25) is 5.91 Å². The number of carbonyl (C=O) groups is 1. The Morgan fingerprint density at radius 3 is 2.50 bits per heavy atom. The summed E-state index contributed by atoms with van der Waals surface area (Å²) in [5.74, 6) is 1.73. The van der Waals surface area contributed by atoms with Crippen LogP contribution < -0.4 is 0 Å². The zero-order valence-corrected chi connectivity index (χ0v) is 11.1. The van der Waals surface area contributed by atoms with Gasteiger partial charge >= 0.3 is 0 Å². The van der Waals surface area contributed by atoms with Gasteiger partial charge in [0.05, 0.1) is 0 Å². The Bertz CT molecular complexity index is 200. The molecule has 0 N–H and O–H groups in total. The third-order valence-corrected chi connectivity index (χ3v) is 3.87. The fraction of sp³-hybridized carbons (Fsp3) is 0.923. The summed E-state index contributed by atoms with van der Waals surface area (Å²) in [5, 5.41) is 0. The fourth-order valence-electron chi connectivity index (χ4n) is 2.20. The van der Waals surface area contributed by atoms with Crippen LogP contribution in [-0.4, -0.2) is 29.8 Å². The van der Waals surface area contributed by atoms with E-state index in [1.165, 1.54) is 19.3 Å². The molecule has 3 heteroatoms. The molecule has 2 nitrogen and oxygen atoms in total. The average Bonchev–Trinajstić information content (AvgIpc) is 2.34. The molecule has 0 aliphatic carbocycles. The third-order valence-electron chi connectivity index (χ3n) is 3.43. The van der Waals surface area contributed by atoms with E-state index in [0.717, 1.165) is 44.7 Å². The Balaban J connectivity index is 2.13. The van der Waals surface area contributed by atoms with Gasteiger partial charge in [0.25, 0.3) is 0 Å². The van der Waals surface area contributed by atoms with E-state index in [1.54, 1.807) is 0 Å². The van der Waals surface area contributed by atoms with Gasteiger partial charge in [0.15, 0.2) is 0 Å². The molecule has 1 fully saturated rings. The molecule has 0 atom stereocenters. The maximum absolute atomic E-state index is 11.8. The van der Waals surface area contributed by atoms with Crippen molar-refractivity contribution >= 4 is 17.5 Å². The van der Waals surface area contributed by atoms with Crippen molar-refractivity contribution in [3.05, 3.63) is 0 Å². The van der Waals surface area contributed by atoms with Crippen LogP contribution in [0.25, 0.3) is 0 Å².